The number of carboxylic acid groups (broad SMARTS) is 1. The summed E-state index contributed by atoms with van der Waals surface area (Å²) >= 11 is 0. The third-order valence-corrected chi connectivity index (χ3v) is 10.4. The van der Waals surface area contributed by atoms with Crippen LogP contribution in [-0.4, -0.2) is 39.9 Å². The van der Waals surface area contributed by atoms with Gasteiger partial charge < -0.3 is 20.7 Å². The quantitative estimate of drug-likeness (QED) is 0.171. The molecule has 3 rings (SSSR count). The number of hydrogen-bond acceptors (Lipinski definition) is 5. The molecule has 0 heterocycles. The van der Waals surface area contributed by atoms with Gasteiger partial charge in [-0.25, -0.2) is 0 Å². The van der Waals surface area contributed by atoms with Crippen molar-refractivity contribution in [3.8, 4) is 0 Å². The first-order chi connectivity index (χ1) is 17.8. The van der Waals surface area contributed by atoms with Crippen LogP contribution in [0.15, 0.2) is 11.6 Å². The molecule has 218 valence electrons. The molecule has 3 aliphatic carbocycles. The van der Waals surface area contributed by atoms with Gasteiger partial charge in [0.1, 0.15) is 12.1 Å². The van der Waals surface area contributed by atoms with Crippen molar-refractivity contribution in [1.29, 1.82) is 0 Å². The minimum absolute atomic E-state index is 0.194. The van der Waals surface area contributed by atoms with E-state index in [4.69, 9.17) is 15.6 Å². The predicted molar refractivity (Wildman–Crippen MR) is 151 cm³/mol. The first kappa shape index (κ1) is 31.1. The Labute approximate surface area is 231 Å². The molecule has 0 unspecified atom stereocenters. The van der Waals surface area contributed by atoms with Gasteiger partial charge in [0.2, 0.25) is 0 Å². The standard InChI is InChI=1S/C32H55NO5/c1-6-7-10-24(38-29(34)20-28(33)30(35)36)19-22-11-12-25-23(18-22)15-17-32(5)26(13-14-27(25)32)21(2)9-8-16-31(3,4)37/h11,21,23-28,37H,6-10,12-20,33H2,1-5H3,(H,35,36)/t21-,23-,24+,25-,26-,27+,28+,32-/m1/s1. The van der Waals surface area contributed by atoms with Crippen molar-refractivity contribution in [2.24, 2.45) is 40.7 Å². The first-order valence-corrected chi connectivity index (χ1v) is 15.4. The fraction of sp³-hybridized carbons (Fsp3) is 0.875. The lowest BCUT2D eigenvalue weighted by molar-refractivity contribution is -0.153. The number of hydrogen-bond donors (Lipinski definition) is 3. The van der Waals surface area contributed by atoms with Gasteiger partial charge in [-0.3, -0.25) is 9.59 Å². The maximum absolute atomic E-state index is 12.4. The Balaban J connectivity index is 1.59. The number of carbonyl (C=O) groups is 2. The lowest BCUT2D eigenvalue weighted by atomic mass is 9.54. The molecule has 0 aromatic carbocycles. The lowest BCUT2D eigenvalue weighted by Crippen LogP contribution is -2.43. The molecule has 0 bridgehead atoms. The number of allylic oxidation sites excluding steroid dienone is 1. The molecular formula is C32H55NO5. The van der Waals surface area contributed by atoms with E-state index in [0.29, 0.717) is 11.3 Å². The Hall–Kier alpha value is -1.40. The summed E-state index contributed by atoms with van der Waals surface area (Å²) in [6, 6.07) is -1.21. The van der Waals surface area contributed by atoms with E-state index in [9.17, 15) is 14.7 Å². The first-order valence-electron chi connectivity index (χ1n) is 15.4. The summed E-state index contributed by atoms with van der Waals surface area (Å²) in [7, 11) is 0. The molecule has 0 radical (unpaired) electrons. The maximum atomic E-state index is 12.4. The monoisotopic (exact) mass is 533 g/mol. The molecule has 0 spiro atoms. The molecule has 8 atom stereocenters. The van der Waals surface area contributed by atoms with E-state index in [-0.39, 0.29) is 12.5 Å². The van der Waals surface area contributed by atoms with E-state index in [1.165, 1.54) is 37.7 Å². The van der Waals surface area contributed by atoms with Crippen molar-refractivity contribution in [3.05, 3.63) is 11.6 Å². The highest BCUT2D eigenvalue weighted by atomic mass is 16.5. The van der Waals surface area contributed by atoms with E-state index in [0.717, 1.165) is 75.0 Å². The van der Waals surface area contributed by atoms with Gasteiger partial charge in [-0.05, 0) is 100 Å². The minimum Gasteiger partial charge on any atom is -0.480 e. The van der Waals surface area contributed by atoms with Gasteiger partial charge >= 0.3 is 11.9 Å². The Morgan fingerprint density at radius 1 is 1.21 bits per heavy atom. The van der Waals surface area contributed by atoms with Crippen molar-refractivity contribution in [2.45, 2.75) is 142 Å². The Kier molecular flexibility index (Phi) is 10.9. The van der Waals surface area contributed by atoms with Gasteiger partial charge in [0.15, 0.2) is 0 Å². The molecule has 3 aliphatic rings. The number of aliphatic carboxylic acids is 1. The van der Waals surface area contributed by atoms with Crippen LogP contribution >= 0.6 is 0 Å². The fourth-order valence-corrected chi connectivity index (χ4v) is 8.33. The molecule has 0 aliphatic heterocycles. The second kappa shape index (κ2) is 13.3. The normalized spacial score (nSPS) is 31.5. The molecule has 0 aromatic heterocycles. The summed E-state index contributed by atoms with van der Waals surface area (Å²) in [5, 5.41) is 19.1. The van der Waals surface area contributed by atoms with Gasteiger partial charge in [0.25, 0.3) is 0 Å². The number of esters is 1. The summed E-state index contributed by atoms with van der Waals surface area (Å²) in [5.74, 6) is 2.11. The topological polar surface area (TPSA) is 110 Å². The number of carbonyl (C=O) groups excluding carboxylic acids is 1. The summed E-state index contributed by atoms with van der Waals surface area (Å²) in [5.41, 5.74) is 6.84. The van der Waals surface area contributed by atoms with E-state index < -0.39 is 23.6 Å². The molecule has 2 saturated carbocycles. The van der Waals surface area contributed by atoms with Gasteiger partial charge in [-0.1, -0.05) is 58.1 Å². The molecule has 6 heteroatoms. The largest absolute Gasteiger partial charge is 0.480 e. The lowest BCUT2D eigenvalue weighted by Gasteiger charge is -2.51. The number of unbranched alkanes of at least 4 members (excludes halogenated alkanes) is 1. The maximum Gasteiger partial charge on any atom is 0.321 e. The van der Waals surface area contributed by atoms with Crippen LogP contribution in [0.5, 0.6) is 0 Å². The summed E-state index contributed by atoms with van der Waals surface area (Å²) in [6.07, 6.45) is 16.3. The highest BCUT2D eigenvalue weighted by Crippen LogP contribution is 2.63. The molecule has 0 saturated heterocycles. The molecule has 38 heavy (non-hydrogen) atoms. The molecule has 2 fully saturated rings. The Bertz CT molecular complexity index is 832. The van der Waals surface area contributed by atoms with Gasteiger partial charge in [0.05, 0.1) is 12.0 Å². The molecule has 0 amide bonds. The van der Waals surface area contributed by atoms with Crippen molar-refractivity contribution in [3.63, 3.8) is 0 Å². The Morgan fingerprint density at radius 3 is 2.61 bits per heavy atom. The number of aliphatic hydroxyl groups is 1. The van der Waals surface area contributed by atoms with Crippen LogP contribution < -0.4 is 5.73 Å². The van der Waals surface area contributed by atoms with E-state index in [1.807, 2.05) is 13.8 Å². The van der Waals surface area contributed by atoms with Crippen LogP contribution in [0.4, 0.5) is 0 Å². The highest BCUT2D eigenvalue weighted by molar-refractivity contribution is 5.81. The second-order valence-electron chi connectivity index (χ2n) is 13.8. The van der Waals surface area contributed by atoms with E-state index in [2.05, 4.69) is 26.8 Å². The second-order valence-corrected chi connectivity index (χ2v) is 13.8. The molecule has 6 nitrogen and oxygen atoms in total. The zero-order valence-electron chi connectivity index (χ0n) is 24.7. The van der Waals surface area contributed by atoms with Crippen LogP contribution in [0.1, 0.15) is 125 Å². The third-order valence-electron chi connectivity index (χ3n) is 10.4. The average Bonchev–Trinajstić information content (AvgIpc) is 3.19. The van der Waals surface area contributed by atoms with Crippen molar-refractivity contribution in [2.75, 3.05) is 0 Å². The van der Waals surface area contributed by atoms with Gasteiger partial charge in [-0.15, -0.1) is 0 Å². The number of fused-ring (bicyclic) bond motifs is 3. The number of ether oxygens (including phenoxy) is 1. The predicted octanol–water partition coefficient (Wildman–Crippen LogP) is 6.64. The summed E-state index contributed by atoms with van der Waals surface area (Å²) in [4.78, 5) is 23.4. The van der Waals surface area contributed by atoms with Crippen LogP contribution in [0.25, 0.3) is 0 Å². The van der Waals surface area contributed by atoms with E-state index in [1.54, 1.807) is 0 Å². The smallest absolute Gasteiger partial charge is 0.321 e. The summed E-state index contributed by atoms with van der Waals surface area (Å²) < 4.78 is 5.75. The van der Waals surface area contributed by atoms with Crippen LogP contribution in [0.3, 0.4) is 0 Å². The highest BCUT2D eigenvalue weighted by Gasteiger charge is 2.54. The number of carboxylic acids is 1. The van der Waals surface area contributed by atoms with Gasteiger partial charge in [-0.2, -0.15) is 0 Å². The van der Waals surface area contributed by atoms with Crippen molar-refractivity contribution in [1.82, 2.24) is 0 Å². The Morgan fingerprint density at radius 2 is 1.95 bits per heavy atom. The van der Waals surface area contributed by atoms with E-state index >= 15 is 0 Å². The van der Waals surface area contributed by atoms with Crippen LogP contribution in [0.2, 0.25) is 0 Å². The summed E-state index contributed by atoms with van der Waals surface area (Å²) in [6.45, 7) is 11.0. The van der Waals surface area contributed by atoms with Crippen LogP contribution in [-0.2, 0) is 14.3 Å². The molecule has 0 aromatic rings. The van der Waals surface area contributed by atoms with Crippen molar-refractivity contribution < 1.29 is 24.5 Å². The SMILES string of the molecule is CCCC[C@@H](CC1=CC[C@@H]2[C@H](CC[C@]3(C)[C@@H]([C@H](C)CCCC(C)(C)O)CC[C@@H]23)C1)OC(=O)C[C@H](N)C(=O)O. The minimum atomic E-state index is -1.21. The van der Waals surface area contributed by atoms with Crippen molar-refractivity contribution >= 4 is 11.9 Å². The molecular weight excluding hydrogens is 478 g/mol. The zero-order chi connectivity index (χ0) is 28.1. The number of nitrogens with two attached hydrogens (primary N) is 1. The fourth-order valence-electron chi connectivity index (χ4n) is 8.33. The molecule has 4 N–H and O–H groups in total. The zero-order valence-corrected chi connectivity index (χ0v) is 24.7. The van der Waals surface area contributed by atoms with Crippen LogP contribution in [0, 0.1) is 35.0 Å². The van der Waals surface area contributed by atoms with Gasteiger partial charge in [0, 0.05) is 6.42 Å². The number of rotatable bonds is 14. The third kappa shape index (κ3) is 8.06. The average molecular weight is 534 g/mol.